The van der Waals surface area contributed by atoms with E-state index in [0.717, 1.165) is 5.69 Å². The highest BCUT2D eigenvalue weighted by Crippen LogP contribution is 2.20. The summed E-state index contributed by atoms with van der Waals surface area (Å²) in [6, 6.07) is 4.66. The lowest BCUT2D eigenvalue weighted by atomic mass is 10.3. The van der Waals surface area contributed by atoms with Crippen LogP contribution in [-0.2, 0) is 0 Å². The van der Waals surface area contributed by atoms with Crippen molar-refractivity contribution in [1.29, 1.82) is 0 Å². The number of aromatic nitrogens is 2. The standard InChI is InChI=1S/C10H9FN2O/c1-14-10-6-8(2-3-9(10)11)13-5-4-12-7-13/h2-7H,1H3. The van der Waals surface area contributed by atoms with Crippen molar-refractivity contribution in [2.24, 2.45) is 0 Å². The molecule has 2 rings (SSSR count). The van der Waals surface area contributed by atoms with Gasteiger partial charge in [0.25, 0.3) is 0 Å². The van der Waals surface area contributed by atoms with Gasteiger partial charge in [0, 0.05) is 18.5 Å². The predicted molar refractivity (Wildman–Crippen MR) is 50.1 cm³/mol. The highest BCUT2D eigenvalue weighted by Gasteiger charge is 2.03. The third-order valence-electron chi connectivity index (χ3n) is 1.94. The van der Waals surface area contributed by atoms with Crippen LogP contribution in [0.1, 0.15) is 0 Å². The molecule has 0 aliphatic carbocycles. The molecular weight excluding hydrogens is 183 g/mol. The van der Waals surface area contributed by atoms with Crippen molar-refractivity contribution in [3.05, 3.63) is 42.7 Å². The van der Waals surface area contributed by atoms with E-state index in [-0.39, 0.29) is 11.6 Å². The molecule has 0 saturated carbocycles. The second kappa shape index (κ2) is 3.49. The van der Waals surface area contributed by atoms with Crippen LogP contribution in [0.2, 0.25) is 0 Å². The van der Waals surface area contributed by atoms with E-state index in [9.17, 15) is 4.39 Å². The van der Waals surface area contributed by atoms with Gasteiger partial charge in [0.1, 0.15) is 0 Å². The Morgan fingerprint density at radius 2 is 2.29 bits per heavy atom. The average Bonchev–Trinajstić information content (AvgIpc) is 2.71. The number of methoxy groups -OCH3 is 1. The normalized spacial score (nSPS) is 10.1. The monoisotopic (exact) mass is 192 g/mol. The second-order valence-electron chi connectivity index (χ2n) is 2.79. The Labute approximate surface area is 80.8 Å². The Morgan fingerprint density at radius 3 is 2.93 bits per heavy atom. The van der Waals surface area contributed by atoms with Gasteiger partial charge in [-0.2, -0.15) is 0 Å². The van der Waals surface area contributed by atoms with Gasteiger partial charge in [0.05, 0.1) is 19.1 Å². The first-order valence-corrected chi connectivity index (χ1v) is 4.13. The van der Waals surface area contributed by atoms with Gasteiger partial charge in [0.15, 0.2) is 11.6 Å². The Kier molecular flexibility index (Phi) is 2.18. The summed E-state index contributed by atoms with van der Waals surface area (Å²) in [6.45, 7) is 0. The summed E-state index contributed by atoms with van der Waals surface area (Å²) in [7, 11) is 1.44. The molecule has 2 aromatic rings. The third kappa shape index (κ3) is 1.46. The van der Waals surface area contributed by atoms with Crippen LogP contribution >= 0.6 is 0 Å². The minimum absolute atomic E-state index is 0.233. The SMILES string of the molecule is COc1cc(-n2ccnc2)ccc1F. The maximum absolute atomic E-state index is 13.1. The summed E-state index contributed by atoms with van der Waals surface area (Å²) in [4.78, 5) is 3.90. The van der Waals surface area contributed by atoms with E-state index in [1.807, 2.05) is 0 Å². The molecule has 14 heavy (non-hydrogen) atoms. The molecule has 0 atom stereocenters. The molecule has 0 N–H and O–H groups in total. The molecule has 1 aromatic heterocycles. The first-order chi connectivity index (χ1) is 6.81. The van der Waals surface area contributed by atoms with Gasteiger partial charge in [-0.15, -0.1) is 0 Å². The van der Waals surface area contributed by atoms with E-state index in [0.29, 0.717) is 0 Å². The van der Waals surface area contributed by atoms with Crippen LogP contribution in [0.15, 0.2) is 36.9 Å². The van der Waals surface area contributed by atoms with Gasteiger partial charge < -0.3 is 9.30 Å². The van der Waals surface area contributed by atoms with Crippen LogP contribution in [0.3, 0.4) is 0 Å². The summed E-state index contributed by atoms with van der Waals surface area (Å²) in [5, 5.41) is 0. The van der Waals surface area contributed by atoms with E-state index in [1.165, 1.54) is 13.2 Å². The number of nitrogens with zero attached hydrogens (tertiary/aromatic N) is 2. The van der Waals surface area contributed by atoms with Crippen LogP contribution in [0.25, 0.3) is 5.69 Å². The molecule has 0 saturated heterocycles. The zero-order valence-corrected chi connectivity index (χ0v) is 7.64. The van der Waals surface area contributed by atoms with Crippen molar-refractivity contribution in [3.8, 4) is 11.4 Å². The molecule has 0 spiro atoms. The number of ether oxygens (including phenoxy) is 1. The van der Waals surface area contributed by atoms with Crippen molar-refractivity contribution in [3.63, 3.8) is 0 Å². The van der Waals surface area contributed by atoms with Crippen LogP contribution in [0.5, 0.6) is 5.75 Å². The molecule has 1 heterocycles. The molecule has 0 aliphatic heterocycles. The third-order valence-corrected chi connectivity index (χ3v) is 1.94. The number of benzene rings is 1. The van der Waals surface area contributed by atoms with Gasteiger partial charge >= 0.3 is 0 Å². The van der Waals surface area contributed by atoms with Gasteiger partial charge in [-0.1, -0.05) is 0 Å². The van der Waals surface area contributed by atoms with Gasteiger partial charge in [0.2, 0.25) is 0 Å². The molecule has 0 bridgehead atoms. The van der Waals surface area contributed by atoms with E-state index < -0.39 is 0 Å². The molecule has 1 aromatic carbocycles. The fourth-order valence-corrected chi connectivity index (χ4v) is 1.22. The van der Waals surface area contributed by atoms with Gasteiger partial charge in [-0.25, -0.2) is 9.37 Å². The molecule has 0 amide bonds. The highest BCUT2D eigenvalue weighted by atomic mass is 19.1. The molecule has 0 unspecified atom stereocenters. The highest BCUT2D eigenvalue weighted by molar-refractivity contribution is 5.40. The number of halogens is 1. The second-order valence-corrected chi connectivity index (χ2v) is 2.79. The molecule has 3 nitrogen and oxygen atoms in total. The van der Waals surface area contributed by atoms with Crippen LogP contribution in [0, 0.1) is 5.82 Å². The lowest BCUT2D eigenvalue weighted by Gasteiger charge is -2.05. The molecule has 0 fully saturated rings. The van der Waals surface area contributed by atoms with E-state index in [1.54, 1.807) is 35.4 Å². The Morgan fingerprint density at radius 1 is 1.43 bits per heavy atom. The van der Waals surface area contributed by atoms with Crippen molar-refractivity contribution in [2.75, 3.05) is 7.11 Å². The van der Waals surface area contributed by atoms with Crippen LogP contribution < -0.4 is 4.74 Å². The number of hydrogen-bond donors (Lipinski definition) is 0. The van der Waals surface area contributed by atoms with Crippen molar-refractivity contribution in [2.45, 2.75) is 0 Å². The predicted octanol–water partition coefficient (Wildman–Crippen LogP) is 2.02. The fourth-order valence-electron chi connectivity index (χ4n) is 1.22. The number of rotatable bonds is 2. The molecule has 0 aliphatic rings. The Hall–Kier alpha value is -1.84. The zero-order chi connectivity index (χ0) is 9.97. The summed E-state index contributed by atoms with van der Waals surface area (Å²) >= 11 is 0. The maximum Gasteiger partial charge on any atom is 0.165 e. The Balaban J connectivity index is 2.46. The first-order valence-electron chi connectivity index (χ1n) is 4.13. The molecule has 0 radical (unpaired) electrons. The topological polar surface area (TPSA) is 27.1 Å². The fraction of sp³-hybridized carbons (Fsp3) is 0.100. The lowest BCUT2D eigenvalue weighted by Crippen LogP contribution is -1.93. The summed E-state index contributed by atoms with van der Waals surface area (Å²) in [6.07, 6.45) is 5.09. The van der Waals surface area contributed by atoms with Crippen molar-refractivity contribution < 1.29 is 9.13 Å². The number of imidazole rings is 1. The van der Waals surface area contributed by atoms with Crippen molar-refractivity contribution >= 4 is 0 Å². The van der Waals surface area contributed by atoms with Crippen LogP contribution in [0.4, 0.5) is 4.39 Å². The van der Waals surface area contributed by atoms with E-state index in [2.05, 4.69) is 4.98 Å². The molecular formula is C10H9FN2O. The summed E-state index contributed by atoms with van der Waals surface area (Å²) < 4.78 is 19.7. The van der Waals surface area contributed by atoms with Gasteiger partial charge in [-0.3, -0.25) is 0 Å². The Bertz CT molecular complexity index is 426. The zero-order valence-electron chi connectivity index (χ0n) is 7.64. The maximum atomic E-state index is 13.1. The smallest absolute Gasteiger partial charge is 0.165 e. The lowest BCUT2D eigenvalue weighted by molar-refractivity contribution is 0.386. The van der Waals surface area contributed by atoms with Crippen LogP contribution in [-0.4, -0.2) is 16.7 Å². The minimum atomic E-state index is -0.364. The molecule has 72 valence electrons. The first kappa shape index (κ1) is 8.74. The van der Waals surface area contributed by atoms with E-state index >= 15 is 0 Å². The summed E-state index contributed by atoms with van der Waals surface area (Å²) in [5.74, 6) is -0.132. The van der Waals surface area contributed by atoms with Crippen molar-refractivity contribution in [1.82, 2.24) is 9.55 Å². The summed E-state index contributed by atoms with van der Waals surface area (Å²) in [5.41, 5.74) is 0.820. The van der Waals surface area contributed by atoms with E-state index in [4.69, 9.17) is 4.74 Å². The molecule has 4 heteroatoms. The minimum Gasteiger partial charge on any atom is -0.494 e. The van der Waals surface area contributed by atoms with Gasteiger partial charge in [-0.05, 0) is 12.1 Å². The quantitative estimate of drug-likeness (QED) is 0.727. The number of hydrogen-bond acceptors (Lipinski definition) is 2. The largest absolute Gasteiger partial charge is 0.494 e. The average molecular weight is 192 g/mol.